The normalized spacial score (nSPS) is 12.9. The Hall–Kier alpha value is -3.69. The molecule has 1 amide bonds. The van der Waals surface area contributed by atoms with Crippen LogP contribution in [-0.2, 0) is 4.79 Å². The van der Waals surface area contributed by atoms with E-state index in [0.717, 1.165) is 5.69 Å². The van der Waals surface area contributed by atoms with E-state index in [4.69, 9.17) is 25.8 Å². The van der Waals surface area contributed by atoms with Crippen LogP contribution in [0.2, 0.25) is 5.02 Å². The van der Waals surface area contributed by atoms with E-state index in [1.807, 2.05) is 54.0 Å². The van der Waals surface area contributed by atoms with E-state index in [1.54, 1.807) is 30.3 Å². The first-order valence-electron chi connectivity index (χ1n) is 10.8. The zero-order valence-corrected chi connectivity index (χ0v) is 20.3. The summed E-state index contributed by atoms with van der Waals surface area (Å²) in [6.07, 6.45) is -0.445. The summed E-state index contributed by atoms with van der Waals surface area (Å²) in [7, 11) is 0. The summed E-state index contributed by atoms with van der Waals surface area (Å²) in [6, 6.07) is 22.2. The van der Waals surface area contributed by atoms with Gasteiger partial charge in [-0.3, -0.25) is 9.36 Å². The molecule has 0 aliphatic carbocycles. The molecule has 4 aromatic rings. The molecule has 35 heavy (non-hydrogen) atoms. The minimum Gasteiger partial charge on any atom is -0.481 e. The van der Waals surface area contributed by atoms with Gasteiger partial charge in [0.25, 0.3) is 0 Å². The van der Waals surface area contributed by atoms with Gasteiger partial charge in [-0.2, -0.15) is 0 Å². The Morgan fingerprint density at radius 2 is 1.86 bits per heavy atom. The molecule has 3 aromatic carbocycles. The lowest BCUT2D eigenvalue weighted by Crippen LogP contribution is -2.15. The Morgan fingerprint density at radius 3 is 2.69 bits per heavy atom. The van der Waals surface area contributed by atoms with Crippen LogP contribution in [0.15, 0.2) is 78.0 Å². The third kappa shape index (κ3) is 5.21. The van der Waals surface area contributed by atoms with Crippen molar-refractivity contribution < 1.29 is 19.0 Å². The molecule has 0 fully saturated rings. The number of hydrogen-bond donors (Lipinski definition) is 1. The molecule has 5 rings (SSSR count). The topological polar surface area (TPSA) is 87.5 Å². The largest absolute Gasteiger partial charge is 0.481 e. The maximum atomic E-state index is 12.7. The molecule has 0 spiro atoms. The number of halogens is 1. The average molecular weight is 509 g/mol. The number of nitrogens with zero attached hydrogens (tertiary/aromatic N) is 3. The fraction of sp³-hybridized carbons (Fsp3) is 0.160. The molecule has 1 atom stereocenters. The monoisotopic (exact) mass is 508 g/mol. The van der Waals surface area contributed by atoms with Crippen LogP contribution < -0.4 is 19.5 Å². The number of para-hydroxylation sites is 2. The van der Waals surface area contributed by atoms with Crippen molar-refractivity contribution in [3.05, 3.63) is 83.6 Å². The molecule has 1 N–H and O–H groups in total. The highest BCUT2D eigenvalue weighted by atomic mass is 35.5. The minimum atomic E-state index is -0.445. The molecule has 8 nitrogen and oxygen atoms in total. The van der Waals surface area contributed by atoms with Gasteiger partial charge in [0, 0.05) is 17.4 Å². The van der Waals surface area contributed by atoms with Crippen molar-refractivity contribution >= 4 is 35.0 Å². The SMILES string of the molecule is CC(Oc1ccccc1Cl)c1nnc(SCC(=O)Nc2ccc3c(c2)OCO3)n1-c1ccccc1. The quantitative estimate of drug-likeness (QED) is 0.313. The summed E-state index contributed by atoms with van der Waals surface area (Å²) in [5.41, 5.74) is 1.49. The number of nitrogens with one attached hydrogen (secondary N) is 1. The van der Waals surface area contributed by atoms with E-state index < -0.39 is 6.10 Å². The van der Waals surface area contributed by atoms with E-state index in [-0.39, 0.29) is 18.5 Å². The third-order valence-electron chi connectivity index (χ3n) is 5.17. The molecule has 1 aliphatic heterocycles. The molecule has 178 valence electrons. The van der Waals surface area contributed by atoms with Gasteiger partial charge in [-0.05, 0) is 43.3 Å². The van der Waals surface area contributed by atoms with Gasteiger partial charge in [-0.1, -0.05) is 53.7 Å². The fourth-order valence-corrected chi connectivity index (χ4v) is 4.48. The van der Waals surface area contributed by atoms with Gasteiger partial charge >= 0.3 is 0 Å². The number of benzene rings is 3. The number of aromatic nitrogens is 3. The number of anilines is 1. The molecule has 0 bridgehead atoms. The van der Waals surface area contributed by atoms with Gasteiger partial charge < -0.3 is 19.5 Å². The smallest absolute Gasteiger partial charge is 0.234 e. The number of fused-ring (bicyclic) bond motifs is 1. The number of thioether (sulfide) groups is 1. The highest BCUT2D eigenvalue weighted by molar-refractivity contribution is 7.99. The van der Waals surface area contributed by atoms with E-state index in [0.29, 0.717) is 38.9 Å². The van der Waals surface area contributed by atoms with Gasteiger partial charge in [0.1, 0.15) is 5.75 Å². The lowest BCUT2D eigenvalue weighted by molar-refractivity contribution is -0.113. The maximum Gasteiger partial charge on any atom is 0.234 e. The van der Waals surface area contributed by atoms with Crippen molar-refractivity contribution in [3.8, 4) is 22.9 Å². The summed E-state index contributed by atoms with van der Waals surface area (Å²) >= 11 is 7.55. The van der Waals surface area contributed by atoms with Crippen LogP contribution in [0.4, 0.5) is 5.69 Å². The molecular formula is C25H21ClN4O4S. The number of amides is 1. The number of ether oxygens (including phenoxy) is 3. The van der Waals surface area contributed by atoms with E-state index in [1.165, 1.54) is 11.8 Å². The first-order valence-corrected chi connectivity index (χ1v) is 12.2. The van der Waals surface area contributed by atoms with Crippen LogP contribution in [-0.4, -0.2) is 33.2 Å². The molecule has 2 heterocycles. The third-order valence-corrected chi connectivity index (χ3v) is 6.41. The molecule has 0 radical (unpaired) electrons. The van der Waals surface area contributed by atoms with Crippen molar-refractivity contribution in [1.82, 2.24) is 14.8 Å². The summed E-state index contributed by atoms with van der Waals surface area (Å²) in [5, 5.41) is 12.7. The first kappa shape index (κ1) is 23.1. The van der Waals surface area contributed by atoms with Crippen LogP contribution >= 0.6 is 23.4 Å². The molecule has 0 saturated carbocycles. The Kier molecular flexibility index (Phi) is 6.78. The highest BCUT2D eigenvalue weighted by Crippen LogP contribution is 2.34. The van der Waals surface area contributed by atoms with Crippen LogP contribution in [0.1, 0.15) is 18.9 Å². The Morgan fingerprint density at radius 1 is 1.09 bits per heavy atom. The van der Waals surface area contributed by atoms with Crippen LogP contribution in [0.5, 0.6) is 17.2 Å². The van der Waals surface area contributed by atoms with Crippen molar-refractivity contribution in [2.75, 3.05) is 17.9 Å². The average Bonchev–Trinajstić information content (AvgIpc) is 3.51. The van der Waals surface area contributed by atoms with Gasteiger partial charge in [-0.25, -0.2) is 0 Å². The van der Waals surface area contributed by atoms with Gasteiger partial charge in [0.05, 0.1) is 10.8 Å². The van der Waals surface area contributed by atoms with Crippen molar-refractivity contribution in [2.45, 2.75) is 18.2 Å². The zero-order valence-electron chi connectivity index (χ0n) is 18.7. The van der Waals surface area contributed by atoms with Crippen molar-refractivity contribution in [1.29, 1.82) is 0 Å². The van der Waals surface area contributed by atoms with Gasteiger partial charge in [-0.15, -0.1) is 10.2 Å². The molecule has 1 aliphatic rings. The number of rotatable bonds is 8. The van der Waals surface area contributed by atoms with Crippen molar-refractivity contribution in [2.24, 2.45) is 0 Å². The fourth-order valence-electron chi connectivity index (χ4n) is 3.54. The van der Waals surface area contributed by atoms with E-state index in [9.17, 15) is 4.79 Å². The minimum absolute atomic E-state index is 0.138. The summed E-state index contributed by atoms with van der Waals surface area (Å²) in [6.45, 7) is 2.06. The Labute approximate surface area is 211 Å². The zero-order chi connectivity index (χ0) is 24.2. The first-order chi connectivity index (χ1) is 17.1. The van der Waals surface area contributed by atoms with Crippen LogP contribution in [0.3, 0.4) is 0 Å². The molecule has 10 heteroatoms. The second kappa shape index (κ2) is 10.3. The Balaban J connectivity index is 1.33. The van der Waals surface area contributed by atoms with Gasteiger partial charge in [0.2, 0.25) is 12.7 Å². The highest BCUT2D eigenvalue weighted by Gasteiger charge is 2.22. The van der Waals surface area contributed by atoms with Crippen LogP contribution in [0, 0.1) is 0 Å². The number of carbonyl (C=O) groups is 1. The van der Waals surface area contributed by atoms with Crippen molar-refractivity contribution in [3.63, 3.8) is 0 Å². The van der Waals surface area contributed by atoms with Gasteiger partial charge in [0.15, 0.2) is 28.6 Å². The summed E-state index contributed by atoms with van der Waals surface area (Å²) in [4.78, 5) is 12.7. The standard InChI is InChI=1S/C25H21ClN4O4S/c1-16(34-20-10-6-5-9-19(20)26)24-28-29-25(30(24)18-7-3-2-4-8-18)35-14-23(31)27-17-11-12-21-22(13-17)33-15-32-21/h2-13,16H,14-15H2,1H3,(H,27,31). The molecular weight excluding hydrogens is 488 g/mol. The summed E-state index contributed by atoms with van der Waals surface area (Å²) in [5.74, 6) is 2.37. The Bertz CT molecular complexity index is 1350. The molecule has 1 unspecified atom stereocenters. The van der Waals surface area contributed by atoms with Crippen LogP contribution in [0.25, 0.3) is 5.69 Å². The van der Waals surface area contributed by atoms with E-state index >= 15 is 0 Å². The number of carbonyl (C=O) groups excluding carboxylic acids is 1. The van der Waals surface area contributed by atoms with E-state index in [2.05, 4.69) is 15.5 Å². The number of hydrogen-bond acceptors (Lipinski definition) is 7. The predicted molar refractivity (Wildman–Crippen MR) is 134 cm³/mol. The maximum absolute atomic E-state index is 12.7. The lowest BCUT2D eigenvalue weighted by atomic mass is 10.3. The molecule has 0 saturated heterocycles. The summed E-state index contributed by atoms with van der Waals surface area (Å²) < 4.78 is 18.7. The predicted octanol–water partition coefficient (Wildman–Crippen LogP) is 5.52. The lowest BCUT2D eigenvalue weighted by Gasteiger charge is -2.17. The molecule has 1 aromatic heterocycles. The second-order valence-corrected chi connectivity index (χ2v) is 8.96. The second-order valence-electron chi connectivity index (χ2n) is 7.61.